The van der Waals surface area contributed by atoms with Crippen LogP contribution in [0, 0.1) is 5.92 Å². The smallest absolute Gasteiger partial charge is 0.499 e. The molecular weight excluding hydrogens is 514 g/mol. The van der Waals surface area contributed by atoms with Crippen molar-refractivity contribution in [2.45, 2.75) is 50.9 Å². The normalized spacial score (nSPS) is 24.0. The maximum atomic E-state index is 13.0. The Balaban J connectivity index is 1.82. The van der Waals surface area contributed by atoms with E-state index in [1.54, 1.807) is 0 Å². The Morgan fingerprint density at radius 1 is 1.11 bits per heavy atom. The highest BCUT2D eigenvalue weighted by Crippen LogP contribution is 2.46. The number of Topliss-reactive ketones (excluding diaryl/α,β-unsaturated/α-hetero) is 1. The van der Waals surface area contributed by atoms with E-state index in [0.29, 0.717) is 5.02 Å². The van der Waals surface area contributed by atoms with Gasteiger partial charge < -0.3 is 24.2 Å². The summed E-state index contributed by atoms with van der Waals surface area (Å²) in [7, 11) is 2.97. The molecule has 0 aliphatic carbocycles. The third-order valence-corrected chi connectivity index (χ3v) is 6.66. The van der Waals surface area contributed by atoms with Crippen LogP contribution in [0.4, 0.5) is 0 Å². The minimum atomic E-state index is -3.10. The van der Waals surface area contributed by atoms with Crippen LogP contribution in [-0.2, 0) is 33.1 Å². The second-order valence-corrected chi connectivity index (χ2v) is 10.6. The standard InChI is InChI=1S/C23H28BCl2N2O8/c1-13(2)7-14(8-16(29)12-27-21(32)17-9-15(25)5-6-18(17)26)24-34-19(30)10-23(36-24,11-20(31)35-24)22(33)28(3)4/h5-6,9,13-14H,7-8,10-12H2,1-4H3,(H,27,32)/q-1. The van der Waals surface area contributed by atoms with Gasteiger partial charge in [-0.1, -0.05) is 49.3 Å². The number of nitrogens with zero attached hydrogens (tertiary/aromatic N) is 1. The summed E-state index contributed by atoms with van der Waals surface area (Å²) in [5, 5.41) is 2.97. The topological polar surface area (TPSA) is 128 Å². The second-order valence-electron chi connectivity index (χ2n) is 9.78. The number of halogens is 2. The fourth-order valence-electron chi connectivity index (χ4n) is 4.66. The number of ketones is 1. The number of nitrogens with one attached hydrogen (secondary N) is 1. The molecule has 0 spiro atoms. The highest BCUT2D eigenvalue weighted by atomic mass is 35.5. The highest BCUT2D eigenvalue weighted by molar-refractivity contribution is 6.67. The molecule has 2 saturated heterocycles. The molecule has 10 nitrogen and oxygen atoms in total. The van der Waals surface area contributed by atoms with Gasteiger partial charge in [0, 0.05) is 19.1 Å². The van der Waals surface area contributed by atoms with E-state index in [9.17, 15) is 24.0 Å². The van der Waals surface area contributed by atoms with Gasteiger partial charge in [-0.05, 0) is 30.5 Å². The maximum Gasteiger partial charge on any atom is 0.499 e. The zero-order chi connectivity index (χ0) is 26.8. The highest BCUT2D eigenvalue weighted by Gasteiger charge is 2.61. The van der Waals surface area contributed by atoms with E-state index in [1.165, 1.54) is 37.2 Å². The van der Waals surface area contributed by atoms with Gasteiger partial charge in [0.1, 0.15) is 11.4 Å². The van der Waals surface area contributed by atoms with Gasteiger partial charge in [-0.25, -0.2) is 0 Å². The molecule has 0 saturated carbocycles. The van der Waals surface area contributed by atoms with E-state index in [0.717, 1.165) is 0 Å². The number of amides is 2. The van der Waals surface area contributed by atoms with Crippen molar-refractivity contribution in [1.29, 1.82) is 0 Å². The van der Waals surface area contributed by atoms with E-state index in [4.69, 9.17) is 37.2 Å². The molecule has 0 aromatic heterocycles. The number of rotatable bonds is 9. The Morgan fingerprint density at radius 3 is 2.28 bits per heavy atom. The van der Waals surface area contributed by atoms with Crippen LogP contribution in [0.5, 0.6) is 0 Å². The Bertz CT molecular complexity index is 1070. The maximum absolute atomic E-state index is 13.0. The fourth-order valence-corrected chi connectivity index (χ4v) is 5.03. The zero-order valence-corrected chi connectivity index (χ0v) is 22.0. The number of benzene rings is 1. The molecular formula is C23H28BCl2N2O8-. The Kier molecular flexibility index (Phi) is 8.37. The molecule has 2 fully saturated rings. The summed E-state index contributed by atoms with van der Waals surface area (Å²) in [5.74, 6) is -3.99. The predicted octanol–water partition coefficient (Wildman–Crippen LogP) is 2.78. The van der Waals surface area contributed by atoms with Crippen LogP contribution in [0.1, 0.15) is 49.9 Å². The lowest BCUT2D eigenvalue weighted by Gasteiger charge is -2.58. The van der Waals surface area contributed by atoms with Gasteiger partial charge in [0.05, 0.1) is 30.0 Å². The largest absolute Gasteiger partial charge is 0.633 e. The van der Waals surface area contributed by atoms with E-state index >= 15 is 0 Å². The van der Waals surface area contributed by atoms with Crippen molar-refractivity contribution in [3.8, 4) is 0 Å². The first-order chi connectivity index (χ1) is 16.8. The van der Waals surface area contributed by atoms with Crippen molar-refractivity contribution in [3.05, 3.63) is 33.8 Å². The van der Waals surface area contributed by atoms with Crippen LogP contribution >= 0.6 is 23.2 Å². The van der Waals surface area contributed by atoms with Crippen molar-refractivity contribution < 1.29 is 37.9 Å². The molecule has 2 bridgehead atoms. The summed E-state index contributed by atoms with van der Waals surface area (Å²) < 4.78 is 17.0. The Morgan fingerprint density at radius 2 is 1.72 bits per heavy atom. The lowest BCUT2D eigenvalue weighted by Crippen LogP contribution is -2.70. The number of likely N-dealkylation sites (N-methyl/N-ethyl adjacent to an activating group) is 1. The van der Waals surface area contributed by atoms with Crippen LogP contribution in [0.15, 0.2) is 18.2 Å². The predicted molar refractivity (Wildman–Crippen MR) is 131 cm³/mol. The first-order valence-electron chi connectivity index (χ1n) is 11.5. The van der Waals surface area contributed by atoms with Gasteiger partial charge in [0.25, 0.3) is 23.8 Å². The molecule has 0 radical (unpaired) electrons. The number of hydrogen-bond donors (Lipinski definition) is 1. The van der Waals surface area contributed by atoms with E-state index in [1.807, 2.05) is 13.8 Å². The molecule has 2 amide bonds. The molecule has 36 heavy (non-hydrogen) atoms. The average Bonchev–Trinajstić information content (AvgIpc) is 2.76. The van der Waals surface area contributed by atoms with Crippen molar-refractivity contribution in [1.82, 2.24) is 10.2 Å². The lowest BCUT2D eigenvalue weighted by atomic mass is 9.55. The molecule has 1 aromatic rings. The minimum Gasteiger partial charge on any atom is -0.633 e. The number of fused-ring (bicyclic) bond motifs is 2. The molecule has 2 aliphatic rings. The molecule has 1 unspecified atom stereocenters. The fraction of sp³-hybridized carbons (Fsp3) is 0.522. The summed E-state index contributed by atoms with van der Waals surface area (Å²) in [4.78, 5) is 64.9. The van der Waals surface area contributed by atoms with Crippen molar-refractivity contribution >= 4 is 59.5 Å². The third kappa shape index (κ3) is 6.01. The van der Waals surface area contributed by atoms with Crippen LogP contribution in [0.3, 0.4) is 0 Å². The van der Waals surface area contributed by atoms with E-state index < -0.39 is 60.6 Å². The van der Waals surface area contributed by atoms with Crippen molar-refractivity contribution in [2.24, 2.45) is 5.92 Å². The van der Waals surface area contributed by atoms with E-state index in [2.05, 4.69) is 5.32 Å². The monoisotopic (exact) mass is 541 g/mol. The summed E-state index contributed by atoms with van der Waals surface area (Å²) >= 11 is 12.0. The van der Waals surface area contributed by atoms with Crippen LogP contribution in [-0.4, -0.2) is 67.4 Å². The molecule has 1 aromatic carbocycles. The van der Waals surface area contributed by atoms with Crippen LogP contribution in [0.2, 0.25) is 15.9 Å². The third-order valence-electron chi connectivity index (χ3n) is 6.10. The van der Waals surface area contributed by atoms with Crippen molar-refractivity contribution in [3.63, 3.8) is 0 Å². The van der Waals surface area contributed by atoms with Gasteiger partial charge in [0.15, 0.2) is 0 Å². The first kappa shape index (κ1) is 28.0. The SMILES string of the molecule is CC(C)CC(CC(=O)CNC(=O)c1cc(Cl)ccc1Cl)[B-]12OC(=O)CC(C(=O)N(C)C)(CC(=O)O1)O2. The Labute approximate surface area is 218 Å². The molecule has 13 heteroatoms. The molecule has 2 heterocycles. The van der Waals surface area contributed by atoms with Crippen molar-refractivity contribution in [2.75, 3.05) is 20.6 Å². The van der Waals surface area contributed by atoms with Gasteiger partial charge in [-0.15, -0.1) is 0 Å². The summed E-state index contributed by atoms with van der Waals surface area (Å²) in [5.41, 5.74) is -1.65. The minimum absolute atomic E-state index is 0.0114. The second kappa shape index (κ2) is 10.8. The van der Waals surface area contributed by atoms with Gasteiger partial charge >= 0.3 is 6.75 Å². The number of hydrogen-bond acceptors (Lipinski definition) is 8. The van der Waals surface area contributed by atoms with Crippen LogP contribution < -0.4 is 5.32 Å². The van der Waals surface area contributed by atoms with Gasteiger partial charge in [0.2, 0.25) is 0 Å². The Hall–Kier alpha value is -2.63. The quantitative estimate of drug-likeness (QED) is 0.472. The van der Waals surface area contributed by atoms with Gasteiger partial charge in [-0.2, -0.15) is 0 Å². The van der Waals surface area contributed by atoms with E-state index in [-0.39, 0.29) is 35.9 Å². The number of carbonyl (C=O) groups is 5. The lowest BCUT2D eigenvalue weighted by molar-refractivity contribution is -0.189. The van der Waals surface area contributed by atoms with Gasteiger partial charge in [-0.3, -0.25) is 24.0 Å². The summed E-state index contributed by atoms with van der Waals surface area (Å²) in [6, 6.07) is 4.38. The molecule has 196 valence electrons. The first-order valence-corrected chi connectivity index (χ1v) is 12.3. The molecule has 2 aliphatic heterocycles. The average molecular weight is 542 g/mol. The summed E-state index contributed by atoms with van der Waals surface area (Å²) in [6.45, 7) is 0.283. The molecule has 3 rings (SSSR count). The molecule has 1 atom stereocenters. The molecule has 1 N–H and O–H groups in total. The zero-order valence-electron chi connectivity index (χ0n) is 20.5. The number of carbonyl (C=O) groups excluding carboxylic acids is 5. The van der Waals surface area contributed by atoms with Crippen LogP contribution in [0.25, 0.3) is 0 Å². The summed E-state index contributed by atoms with van der Waals surface area (Å²) in [6.07, 6.45) is -0.843.